The first-order valence-corrected chi connectivity index (χ1v) is 4.82. The van der Waals surface area contributed by atoms with Gasteiger partial charge in [0.2, 0.25) is 0 Å². The summed E-state index contributed by atoms with van der Waals surface area (Å²) in [5.41, 5.74) is 5.76. The molecule has 0 saturated carbocycles. The molecule has 2 nitrogen and oxygen atoms in total. The molecule has 1 fully saturated rings. The predicted molar refractivity (Wildman–Crippen MR) is 48.5 cm³/mol. The van der Waals surface area contributed by atoms with Crippen molar-refractivity contribution < 1.29 is 0 Å². The summed E-state index contributed by atoms with van der Waals surface area (Å²) in [5.74, 6) is 0. The molecule has 0 aromatic heterocycles. The lowest BCUT2D eigenvalue weighted by atomic mass is 9.97. The largest absolute Gasteiger partial charge is 0.327 e. The smallest absolute Gasteiger partial charge is 0.0165 e. The van der Waals surface area contributed by atoms with E-state index in [0.29, 0.717) is 6.04 Å². The Kier molecular flexibility index (Phi) is 3.87. The normalized spacial score (nSPS) is 32.2. The maximum absolute atomic E-state index is 5.76. The van der Waals surface area contributed by atoms with E-state index in [-0.39, 0.29) is 0 Å². The molecule has 1 aliphatic rings. The first kappa shape index (κ1) is 9.01. The zero-order chi connectivity index (χ0) is 8.10. The molecule has 3 N–H and O–H groups in total. The first-order valence-electron chi connectivity index (χ1n) is 4.82. The quantitative estimate of drug-likeness (QED) is 0.645. The third-order valence-corrected chi connectivity index (χ3v) is 2.46. The number of hydrogen-bond donors (Lipinski definition) is 2. The molecule has 0 aromatic carbocycles. The van der Waals surface area contributed by atoms with Crippen LogP contribution >= 0.6 is 0 Å². The average Bonchev–Trinajstić information content (AvgIpc) is 2.04. The molecule has 1 rings (SSSR count). The van der Waals surface area contributed by atoms with E-state index in [1.54, 1.807) is 0 Å². The summed E-state index contributed by atoms with van der Waals surface area (Å²) in [6, 6.07) is 1.17. The van der Waals surface area contributed by atoms with Crippen LogP contribution in [-0.4, -0.2) is 18.6 Å². The number of unbranched alkanes of at least 4 members (excludes halogenated alkanes) is 1. The van der Waals surface area contributed by atoms with Crippen LogP contribution in [0.3, 0.4) is 0 Å². The first-order chi connectivity index (χ1) is 5.33. The van der Waals surface area contributed by atoms with E-state index >= 15 is 0 Å². The lowest BCUT2D eigenvalue weighted by Crippen LogP contribution is -2.45. The van der Waals surface area contributed by atoms with Crippen molar-refractivity contribution in [2.75, 3.05) is 6.54 Å². The second-order valence-electron chi connectivity index (χ2n) is 3.58. The Morgan fingerprint density at radius 3 is 2.82 bits per heavy atom. The van der Waals surface area contributed by atoms with Crippen LogP contribution < -0.4 is 11.1 Å². The highest BCUT2D eigenvalue weighted by Gasteiger charge is 2.16. The number of rotatable bonds is 3. The van der Waals surface area contributed by atoms with Crippen molar-refractivity contribution in [3.05, 3.63) is 0 Å². The standard InChI is InChI=1S/C9H20N2/c1-2-3-4-9-6-5-8(10)7-11-9/h8-9,11H,2-7,10H2,1H3. The van der Waals surface area contributed by atoms with Crippen LogP contribution in [0.5, 0.6) is 0 Å². The van der Waals surface area contributed by atoms with Crippen molar-refractivity contribution >= 4 is 0 Å². The van der Waals surface area contributed by atoms with Crippen molar-refractivity contribution in [2.45, 2.75) is 51.1 Å². The fraction of sp³-hybridized carbons (Fsp3) is 1.00. The van der Waals surface area contributed by atoms with Crippen LogP contribution in [0.4, 0.5) is 0 Å². The maximum atomic E-state index is 5.76. The maximum Gasteiger partial charge on any atom is 0.0165 e. The van der Waals surface area contributed by atoms with Crippen molar-refractivity contribution in [3.8, 4) is 0 Å². The Balaban J connectivity index is 2.07. The highest BCUT2D eigenvalue weighted by Crippen LogP contribution is 2.11. The molecule has 1 saturated heterocycles. The third kappa shape index (κ3) is 3.21. The summed E-state index contributed by atoms with van der Waals surface area (Å²) < 4.78 is 0. The molecular weight excluding hydrogens is 136 g/mol. The zero-order valence-electron chi connectivity index (χ0n) is 7.47. The van der Waals surface area contributed by atoms with Gasteiger partial charge in [0.1, 0.15) is 0 Å². The molecule has 2 heteroatoms. The average molecular weight is 156 g/mol. The van der Waals surface area contributed by atoms with Crippen LogP contribution in [0.15, 0.2) is 0 Å². The Morgan fingerprint density at radius 2 is 2.27 bits per heavy atom. The lowest BCUT2D eigenvalue weighted by Gasteiger charge is -2.27. The van der Waals surface area contributed by atoms with Crippen molar-refractivity contribution in [1.29, 1.82) is 0 Å². The zero-order valence-corrected chi connectivity index (χ0v) is 7.47. The molecule has 2 atom stereocenters. The topological polar surface area (TPSA) is 38.0 Å². The van der Waals surface area contributed by atoms with Gasteiger partial charge in [-0.05, 0) is 19.3 Å². The van der Waals surface area contributed by atoms with Gasteiger partial charge in [-0.2, -0.15) is 0 Å². The Labute approximate surface area is 69.5 Å². The second kappa shape index (κ2) is 4.73. The van der Waals surface area contributed by atoms with Crippen molar-refractivity contribution in [1.82, 2.24) is 5.32 Å². The van der Waals surface area contributed by atoms with E-state index in [2.05, 4.69) is 12.2 Å². The molecule has 1 aliphatic heterocycles. The van der Waals surface area contributed by atoms with Gasteiger partial charge in [0, 0.05) is 18.6 Å². The van der Waals surface area contributed by atoms with Gasteiger partial charge in [-0.1, -0.05) is 19.8 Å². The lowest BCUT2D eigenvalue weighted by molar-refractivity contribution is 0.345. The summed E-state index contributed by atoms with van der Waals surface area (Å²) in [5, 5.41) is 3.48. The second-order valence-corrected chi connectivity index (χ2v) is 3.58. The fourth-order valence-corrected chi connectivity index (χ4v) is 1.63. The number of nitrogens with one attached hydrogen (secondary N) is 1. The summed E-state index contributed by atoms with van der Waals surface area (Å²) in [6.45, 7) is 3.27. The monoisotopic (exact) mass is 156 g/mol. The number of nitrogens with two attached hydrogens (primary N) is 1. The molecule has 0 aromatic rings. The molecule has 1 heterocycles. The van der Waals surface area contributed by atoms with Gasteiger partial charge < -0.3 is 11.1 Å². The van der Waals surface area contributed by atoms with Gasteiger partial charge in [0.05, 0.1) is 0 Å². The van der Waals surface area contributed by atoms with Gasteiger partial charge in [0.15, 0.2) is 0 Å². The van der Waals surface area contributed by atoms with E-state index in [1.165, 1.54) is 32.1 Å². The Morgan fingerprint density at radius 1 is 1.45 bits per heavy atom. The molecular formula is C9H20N2. The van der Waals surface area contributed by atoms with E-state index < -0.39 is 0 Å². The molecule has 2 unspecified atom stereocenters. The summed E-state index contributed by atoms with van der Waals surface area (Å²) in [7, 11) is 0. The van der Waals surface area contributed by atoms with Gasteiger partial charge in [0.25, 0.3) is 0 Å². The predicted octanol–water partition coefficient (Wildman–Crippen LogP) is 1.26. The van der Waals surface area contributed by atoms with E-state index in [4.69, 9.17) is 5.73 Å². The van der Waals surface area contributed by atoms with Gasteiger partial charge >= 0.3 is 0 Å². The fourth-order valence-electron chi connectivity index (χ4n) is 1.63. The van der Waals surface area contributed by atoms with Crippen molar-refractivity contribution in [3.63, 3.8) is 0 Å². The van der Waals surface area contributed by atoms with Crippen molar-refractivity contribution in [2.24, 2.45) is 5.73 Å². The van der Waals surface area contributed by atoms with Gasteiger partial charge in [-0.25, -0.2) is 0 Å². The Bertz CT molecular complexity index is 93.0. The summed E-state index contributed by atoms with van der Waals surface area (Å²) >= 11 is 0. The van der Waals surface area contributed by atoms with Crippen LogP contribution in [0.25, 0.3) is 0 Å². The molecule has 11 heavy (non-hydrogen) atoms. The minimum Gasteiger partial charge on any atom is -0.327 e. The molecule has 0 bridgehead atoms. The van der Waals surface area contributed by atoms with E-state index in [9.17, 15) is 0 Å². The highest BCUT2D eigenvalue weighted by molar-refractivity contribution is 4.79. The molecule has 0 aliphatic carbocycles. The Hall–Kier alpha value is -0.0800. The minimum absolute atomic E-state index is 0.410. The summed E-state index contributed by atoms with van der Waals surface area (Å²) in [6.07, 6.45) is 6.49. The summed E-state index contributed by atoms with van der Waals surface area (Å²) in [4.78, 5) is 0. The molecule has 0 spiro atoms. The van der Waals surface area contributed by atoms with E-state index in [1.807, 2.05) is 0 Å². The van der Waals surface area contributed by atoms with Gasteiger partial charge in [-0.3, -0.25) is 0 Å². The van der Waals surface area contributed by atoms with Crippen LogP contribution in [0, 0.1) is 0 Å². The van der Waals surface area contributed by atoms with Crippen LogP contribution in [0.2, 0.25) is 0 Å². The molecule has 0 radical (unpaired) electrons. The van der Waals surface area contributed by atoms with Gasteiger partial charge in [-0.15, -0.1) is 0 Å². The molecule has 66 valence electrons. The minimum atomic E-state index is 0.410. The third-order valence-electron chi connectivity index (χ3n) is 2.46. The number of hydrogen-bond acceptors (Lipinski definition) is 2. The van der Waals surface area contributed by atoms with Crippen LogP contribution in [-0.2, 0) is 0 Å². The van der Waals surface area contributed by atoms with Crippen LogP contribution in [0.1, 0.15) is 39.0 Å². The van der Waals surface area contributed by atoms with E-state index in [0.717, 1.165) is 12.6 Å². The SMILES string of the molecule is CCCCC1CCC(N)CN1. The number of piperidine rings is 1. The molecule has 0 amide bonds. The highest BCUT2D eigenvalue weighted by atomic mass is 15.0.